The average Bonchev–Trinajstić information content (AvgIpc) is 3.19. The van der Waals surface area contributed by atoms with Gasteiger partial charge in [-0.05, 0) is 74.4 Å². The van der Waals surface area contributed by atoms with Crippen LogP contribution in [0.15, 0.2) is 51.8 Å². The molecule has 33 heavy (non-hydrogen) atoms. The molecule has 5 rings (SSSR count). The van der Waals surface area contributed by atoms with Crippen LogP contribution in [0.25, 0.3) is 11.5 Å². The van der Waals surface area contributed by atoms with Crippen molar-refractivity contribution in [1.29, 1.82) is 0 Å². The van der Waals surface area contributed by atoms with Crippen molar-refractivity contribution in [2.45, 2.75) is 51.0 Å². The van der Waals surface area contributed by atoms with Crippen molar-refractivity contribution in [2.75, 3.05) is 26.2 Å². The molecular formula is C26H31N3O3S. The number of oxazole rings is 1. The normalized spacial score (nSPS) is 17.8. The maximum atomic E-state index is 13.3. The summed E-state index contributed by atoms with van der Waals surface area (Å²) in [6, 6.07) is 13.8. The van der Waals surface area contributed by atoms with E-state index in [-0.39, 0.29) is 0 Å². The highest BCUT2D eigenvalue weighted by molar-refractivity contribution is 7.89. The molecule has 1 aliphatic heterocycles. The monoisotopic (exact) mass is 465 g/mol. The predicted octanol–water partition coefficient (Wildman–Crippen LogP) is 4.34. The topological polar surface area (TPSA) is 66.7 Å². The Kier molecular flexibility index (Phi) is 6.12. The lowest BCUT2D eigenvalue weighted by atomic mass is 9.92. The number of aryl methyl sites for hydroxylation is 4. The first-order valence-electron chi connectivity index (χ1n) is 11.8. The second-order valence-electron chi connectivity index (χ2n) is 9.15. The SMILES string of the molecule is Cc1ccccc1-c1nc(CN2CCN(S(=O)(=O)c3ccc4c(c3)CCCC4)CC2)c(C)o1. The third-order valence-corrected chi connectivity index (χ3v) is 8.83. The molecular weight excluding hydrogens is 434 g/mol. The van der Waals surface area contributed by atoms with Gasteiger partial charge in [0.05, 0.1) is 10.6 Å². The van der Waals surface area contributed by atoms with E-state index < -0.39 is 10.0 Å². The van der Waals surface area contributed by atoms with Crippen molar-refractivity contribution in [2.24, 2.45) is 0 Å². The fourth-order valence-corrected chi connectivity index (χ4v) is 6.34. The lowest BCUT2D eigenvalue weighted by Crippen LogP contribution is -2.48. The highest BCUT2D eigenvalue weighted by Crippen LogP contribution is 2.28. The van der Waals surface area contributed by atoms with Gasteiger partial charge < -0.3 is 4.42 Å². The number of piperazine rings is 1. The minimum Gasteiger partial charge on any atom is -0.441 e. The second kappa shape index (κ2) is 9.05. The van der Waals surface area contributed by atoms with Gasteiger partial charge in [-0.2, -0.15) is 4.31 Å². The molecule has 0 saturated carbocycles. The highest BCUT2D eigenvalue weighted by atomic mass is 32.2. The van der Waals surface area contributed by atoms with Gasteiger partial charge in [0.25, 0.3) is 0 Å². The summed E-state index contributed by atoms with van der Waals surface area (Å²) in [4.78, 5) is 7.44. The third-order valence-electron chi connectivity index (χ3n) is 6.93. The molecule has 1 fully saturated rings. The summed E-state index contributed by atoms with van der Waals surface area (Å²) in [7, 11) is -3.46. The Morgan fingerprint density at radius 3 is 2.42 bits per heavy atom. The standard InChI is InChI=1S/C26H31N3O3S/c1-19-7-3-6-10-24(19)26-27-25(20(2)32-26)18-28-13-15-29(16-14-28)33(30,31)23-12-11-21-8-4-5-9-22(21)17-23/h3,6-7,10-12,17H,4-5,8-9,13-16,18H2,1-2H3. The molecule has 0 radical (unpaired) electrons. The Morgan fingerprint density at radius 1 is 0.939 bits per heavy atom. The van der Waals surface area contributed by atoms with Crippen LogP contribution in [0.2, 0.25) is 0 Å². The van der Waals surface area contributed by atoms with Crippen LogP contribution in [0, 0.1) is 13.8 Å². The molecule has 0 N–H and O–H groups in total. The van der Waals surface area contributed by atoms with Gasteiger partial charge in [0.2, 0.25) is 15.9 Å². The fourth-order valence-electron chi connectivity index (χ4n) is 4.86. The van der Waals surface area contributed by atoms with Crippen molar-refractivity contribution in [3.05, 3.63) is 70.6 Å². The van der Waals surface area contributed by atoms with Gasteiger partial charge in [0.1, 0.15) is 5.76 Å². The molecule has 174 valence electrons. The molecule has 7 heteroatoms. The molecule has 1 aromatic heterocycles. The molecule has 0 atom stereocenters. The van der Waals surface area contributed by atoms with Crippen molar-refractivity contribution in [3.63, 3.8) is 0 Å². The molecule has 6 nitrogen and oxygen atoms in total. The van der Waals surface area contributed by atoms with E-state index in [1.165, 1.54) is 17.5 Å². The zero-order valence-electron chi connectivity index (χ0n) is 19.4. The van der Waals surface area contributed by atoms with Gasteiger partial charge >= 0.3 is 0 Å². The van der Waals surface area contributed by atoms with Crippen molar-refractivity contribution >= 4 is 10.0 Å². The number of aromatic nitrogens is 1. The Hall–Kier alpha value is -2.48. The average molecular weight is 466 g/mol. The maximum Gasteiger partial charge on any atom is 0.243 e. The van der Waals surface area contributed by atoms with E-state index in [0.29, 0.717) is 43.5 Å². The summed E-state index contributed by atoms with van der Waals surface area (Å²) >= 11 is 0. The van der Waals surface area contributed by atoms with E-state index in [4.69, 9.17) is 9.40 Å². The van der Waals surface area contributed by atoms with E-state index >= 15 is 0 Å². The van der Waals surface area contributed by atoms with E-state index in [0.717, 1.165) is 41.8 Å². The maximum absolute atomic E-state index is 13.3. The number of hydrogen-bond donors (Lipinski definition) is 0. The molecule has 0 unspecified atom stereocenters. The largest absolute Gasteiger partial charge is 0.441 e. The van der Waals surface area contributed by atoms with E-state index in [2.05, 4.69) is 17.9 Å². The van der Waals surface area contributed by atoms with Crippen LogP contribution < -0.4 is 0 Å². The predicted molar refractivity (Wildman–Crippen MR) is 129 cm³/mol. The smallest absolute Gasteiger partial charge is 0.243 e. The summed E-state index contributed by atoms with van der Waals surface area (Å²) in [6.07, 6.45) is 4.37. The van der Waals surface area contributed by atoms with Gasteiger partial charge in [0, 0.05) is 38.3 Å². The fraction of sp³-hybridized carbons (Fsp3) is 0.423. The second-order valence-corrected chi connectivity index (χ2v) is 11.1. The van der Waals surface area contributed by atoms with Crippen LogP contribution in [0.3, 0.4) is 0 Å². The summed E-state index contributed by atoms with van der Waals surface area (Å²) in [5, 5.41) is 0. The minimum absolute atomic E-state index is 0.437. The summed E-state index contributed by atoms with van der Waals surface area (Å²) in [5.41, 5.74) is 5.56. The molecule has 2 aromatic carbocycles. The first-order chi connectivity index (χ1) is 15.9. The molecule has 2 aliphatic rings. The number of sulfonamides is 1. The molecule has 2 heterocycles. The lowest BCUT2D eigenvalue weighted by Gasteiger charge is -2.33. The van der Waals surface area contributed by atoms with Crippen LogP contribution in [-0.4, -0.2) is 48.8 Å². The molecule has 0 bridgehead atoms. The minimum atomic E-state index is -3.46. The number of nitrogens with zero attached hydrogens (tertiary/aromatic N) is 3. The molecule has 0 amide bonds. The third kappa shape index (κ3) is 4.50. The molecule has 1 aliphatic carbocycles. The number of fused-ring (bicyclic) bond motifs is 1. The van der Waals surface area contributed by atoms with Crippen LogP contribution in [0.1, 0.15) is 41.0 Å². The summed E-state index contributed by atoms with van der Waals surface area (Å²) in [6.45, 7) is 6.99. The number of rotatable bonds is 5. The Balaban J connectivity index is 1.25. The van der Waals surface area contributed by atoms with E-state index in [1.54, 1.807) is 10.4 Å². The van der Waals surface area contributed by atoms with Crippen LogP contribution in [0.4, 0.5) is 0 Å². The van der Waals surface area contributed by atoms with Gasteiger partial charge in [-0.3, -0.25) is 4.90 Å². The first kappa shape index (κ1) is 22.3. The van der Waals surface area contributed by atoms with Crippen molar-refractivity contribution in [3.8, 4) is 11.5 Å². The Bertz CT molecular complexity index is 1260. The van der Waals surface area contributed by atoms with Crippen molar-refractivity contribution in [1.82, 2.24) is 14.2 Å². The van der Waals surface area contributed by atoms with E-state index in [9.17, 15) is 8.42 Å². The van der Waals surface area contributed by atoms with Crippen LogP contribution >= 0.6 is 0 Å². The van der Waals surface area contributed by atoms with Gasteiger partial charge in [-0.25, -0.2) is 13.4 Å². The molecule has 0 spiro atoms. The Labute approximate surface area is 196 Å². The van der Waals surface area contributed by atoms with Crippen LogP contribution in [0.5, 0.6) is 0 Å². The van der Waals surface area contributed by atoms with Gasteiger partial charge in [-0.1, -0.05) is 24.3 Å². The number of hydrogen-bond acceptors (Lipinski definition) is 5. The quantitative estimate of drug-likeness (QED) is 0.561. The first-order valence-corrected chi connectivity index (χ1v) is 13.2. The zero-order chi connectivity index (χ0) is 23.0. The van der Waals surface area contributed by atoms with E-state index in [1.807, 2.05) is 37.3 Å². The molecule has 3 aromatic rings. The number of benzene rings is 2. The van der Waals surface area contributed by atoms with Crippen LogP contribution in [-0.2, 0) is 29.4 Å². The van der Waals surface area contributed by atoms with Crippen molar-refractivity contribution < 1.29 is 12.8 Å². The van der Waals surface area contributed by atoms with Gasteiger partial charge in [0.15, 0.2) is 0 Å². The lowest BCUT2D eigenvalue weighted by molar-refractivity contribution is 0.179. The molecule has 1 saturated heterocycles. The van der Waals surface area contributed by atoms with Gasteiger partial charge in [-0.15, -0.1) is 0 Å². The Morgan fingerprint density at radius 2 is 1.67 bits per heavy atom. The highest BCUT2D eigenvalue weighted by Gasteiger charge is 2.30. The zero-order valence-corrected chi connectivity index (χ0v) is 20.2. The summed E-state index contributed by atoms with van der Waals surface area (Å²) < 4.78 is 34.1. The summed E-state index contributed by atoms with van der Waals surface area (Å²) in [5.74, 6) is 1.46.